The van der Waals surface area contributed by atoms with Gasteiger partial charge in [0.05, 0.1) is 27.7 Å². The zero-order chi connectivity index (χ0) is 24.3. The highest BCUT2D eigenvalue weighted by Crippen LogP contribution is 2.32. The van der Waals surface area contributed by atoms with Gasteiger partial charge in [-0.05, 0) is 44.9 Å². The minimum Gasteiger partial charge on any atom is -0.447 e. The zero-order valence-corrected chi connectivity index (χ0v) is 20.4. The Kier molecular flexibility index (Phi) is 6.84. The van der Waals surface area contributed by atoms with Crippen LogP contribution in [0, 0.1) is 11.8 Å². The normalized spacial score (nSPS) is 17.3. The minimum atomic E-state index is -1.17. The molecule has 0 saturated heterocycles. The van der Waals surface area contributed by atoms with Crippen molar-refractivity contribution in [2.75, 3.05) is 35.7 Å². The number of primary amides is 1. The van der Waals surface area contributed by atoms with Gasteiger partial charge in [0, 0.05) is 37.0 Å². The monoisotopic (exact) mass is 480 g/mol. The molecule has 2 aliphatic rings. The molecule has 0 bridgehead atoms. The molecule has 2 aliphatic heterocycles. The Morgan fingerprint density at radius 1 is 1.32 bits per heavy atom. The number of rotatable bonds is 6. The number of nitrogens with one attached hydrogen (secondary N) is 1. The Morgan fingerprint density at radius 3 is 2.79 bits per heavy atom. The average molecular weight is 481 g/mol. The zero-order valence-electron chi connectivity index (χ0n) is 19.6. The molecule has 0 spiro atoms. The van der Waals surface area contributed by atoms with Crippen molar-refractivity contribution in [3.8, 4) is 11.8 Å². The maximum absolute atomic E-state index is 12.6. The molecule has 0 aromatic carbocycles. The molecule has 34 heavy (non-hydrogen) atoms. The number of carbonyl (C=O) groups is 1. The minimum absolute atomic E-state index is 0.0501. The van der Waals surface area contributed by atoms with Gasteiger partial charge in [-0.3, -0.25) is 9.19 Å². The van der Waals surface area contributed by atoms with Gasteiger partial charge in [0.25, 0.3) is 0 Å². The molecule has 0 unspecified atom stereocenters. The van der Waals surface area contributed by atoms with Crippen LogP contribution in [0.1, 0.15) is 44.1 Å². The smallest absolute Gasteiger partial charge is 0.404 e. The number of aromatic nitrogens is 3. The molecule has 4 rings (SSSR count). The van der Waals surface area contributed by atoms with Gasteiger partial charge < -0.3 is 20.7 Å². The van der Waals surface area contributed by atoms with Crippen LogP contribution >= 0.6 is 0 Å². The molecule has 2 aromatic heterocycles. The fourth-order valence-corrected chi connectivity index (χ4v) is 5.21. The third kappa shape index (κ3) is 5.37. The van der Waals surface area contributed by atoms with Gasteiger partial charge in [-0.25, -0.2) is 9.78 Å². The number of carbonyl (C=O) groups excluding carboxylic acids is 1. The Labute approximate surface area is 201 Å². The molecule has 178 valence electrons. The second-order valence-electron chi connectivity index (χ2n) is 8.80. The number of aryl methyl sites for hydroxylation is 1. The summed E-state index contributed by atoms with van der Waals surface area (Å²) >= 11 is 0. The topological polar surface area (TPSA) is 123 Å². The maximum Gasteiger partial charge on any atom is 0.404 e. The van der Waals surface area contributed by atoms with Crippen molar-refractivity contribution in [2.24, 2.45) is 5.73 Å². The quantitative estimate of drug-likeness (QED) is 0.605. The second-order valence-corrected chi connectivity index (χ2v) is 10.3. The van der Waals surface area contributed by atoms with Gasteiger partial charge >= 0.3 is 6.09 Å². The van der Waals surface area contributed by atoms with Crippen molar-refractivity contribution in [3.05, 3.63) is 41.4 Å². The molecule has 10 heteroatoms. The number of nitrogens with two attached hydrogens (primary N) is 1. The number of fused-ring (bicyclic) bond motifs is 1. The van der Waals surface area contributed by atoms with E-state index < -0.39 is 22.4 Å². The summed E-state index contributed by atoms with van der Waals surface area (Å²) in [5.74, 6) is 7.51. The molecule has 0 aliphatic carbocycles. The van der Waals surface area contributed by atoms with E-state index in [1.165, 1.54) is 5.57 Å². The SMILES string of the molecule is CC#Cc1ccc(C2=CCN(c3nc4c(c(NC(C)(C)COC(N)=O)n3)[S@](=O)CC4)CC2)nc1. The first kappa shape index (κ1) is 23.7. The Balaban J connectivity index is 1.55. The molecule has 9 nitrogen and oxygen atoms in total. The summed E-state index contributed by atoms with van der Waals surface area (Å²) in [7, 11) is -1.17. The summed E-state index contributed by atoms with van der Waals surface area (Å²) in [4.78, 5) is 27.8. The van der Waals surface area contributed by atoms with E-state index in [1.54, 1.807) is 6.20 Å². The predicted octanol–water partition coefficient (Wildman–Crippen LogP) is 2.49. The Bertz CT molecular complexity index is 1210. The summed E-state index contributed by atoms with van der Waals surface area (Å²) in [6, 6.07) is 3.98. The van der Waals surface area contributed by atoms with E-state index in [0.717, 1.165) is 29.9 Å². The standard InChI is InChI=1S/C24H28N6O3S/c1-4-5-16-6-7-18(26-14-16)17-8-11-30(12-9-17)23-27-19-10-13-34(32)20(19)21(28-23)29-24(2,3)15-33-22(25)31/h6-8,14H,9-13,15H2,1-3H3,(H2,25,31)(H,27,28,29)/t34-/m1/s1. The lowest BCUT2D eigenvalue weighted by Gasteiger charge is -2.29. The third-order valence-corrected chi connectivity index (χ3v) is 7.02. The molecule has 3 N–H and O–H groups in total. The fourth-order valence-electron chi connectivity index (χ4n) is 3.90. The Morgan fingerprint density at radius 2 is 2.15 bits per heavy atom. The second kappa shape index (κ2) is 9.81. The first-order chi connectivity index (χ1) is 16.3. The van der Waals surface area contributed by atoms with Crippen LogP contribution in [0.15, 0.2) is 29.3 Å². The third-order valence-electron chi connectivity index (χ3n) is 5.56. The lowest BCUT2D eigenvalue weighted by atomic mass is 10.0. The van der Waals surface area contributed by atoms with Crippen molar-refractivity contribution < 1.29 is 13.7 Å². The van der Waals surface area contributed by atoms with Crippen LogP contribution < -0.4 is 16.0 Å². The summed E-state index contributed by atoms with van der Waals surface area (Å²) in [5, 5.41) is 3.29. The first-order valence-electron chi connectivity index (χ1n) is 11.1. The molecule has 0 saturated carbocycles. The van der Waals surface area contributed by atoms with Crippen LogP contribution in [0.5, 0.6) is 0 Å². The van der Waals surface area contributed by atoms with Gasteiger partial charge in [0.2, 0.25) is 5.95 Å². The van der Waals surface area contributed by atoms with Gasteiger partial charge in [0.1, 0.15) is 17.3 Å². The number of nitrogens with zero attached hydrogens (tertiary/aromatic N) is 4. The number of anilines is 2. The average Bonchev–Trinajstić information content (AvgIpc) is 3.19. The van der Waals surface area contributed by atoms with Crippen molar-refractivity contribution in [1.82, 2.24) is 15.0 Å². The van der Waals surface area contributed by atoms with E-state index in [9.17, 15) is 9.00 Å². The molecule has 0 fully saturated rings. The lowest BCUT2D eigenvalue weighted by Crippen LogP contribution is -2.39. The molecule has 2 aromatic rings. The molecular weight excluding hydrogens is 452 g/mol. The fraction of sp³-hybridized carbons (Fsp3) is 0.417. The van der Waals surface area contributed by atoms with Crippen LogP contribution in [-0.4, -0.2) is 56.2 Å². The molecule has 1 atom stereocenters. The van der Waals surface area contributed by atoms with Gasteiger partial charge in [-0.15, -0.1) is 5.92 Å². The van der Waals surface area contributed by atoms with Gasteiger partial charge in [-0.1, -0.05) is 12.0 Å². The number of amides is 1. The van der Waals surface area contributed by atoms with E-state index in [1.807, 2.05) is 32.9 Å². The van der Waals surface area contributed by atoms with Crippen LogP contribution in [0.3, 0.4) is 0 Å². The molecule has 4 heterocycles. The number of hydrogen-bond acceptors (Lipinski definition) is 8. The maximum atomic E-state index is 12.6. The highest BCUT2D eigenvalue weighted by Gasteiger charge is 2.31. The highest BCUT2D eigenvalue weighted by molar-refractivity contribution is 7.85. The van der Waals surface area contributed by atoms with E-state index in [0.29, 0.717) is 35.4 Å². The van der Waals surface area contributed by atoms with E-state index in [2.05, 4.69) is 33.1 Å². The largest absolute Gasteiger partial charge is 0.447 e. The van der Waals surface area contributed by atoms with Crippen LogP contribution in [0.4, 0.5) is 16.6 Å². The summed E-state index contributed by atoms with van der Waals surface area (Å²) in [6.45, 7) is 6.96. The van der Waals surface area contributed by atoms with Crippen molar-refractivity contribution >= 4 is 34.2 Å². The number of pyridine rings is 1. The van der Waals surface area contributed by atoms with Gasteiger partial charge in [0.15, 0.2) is 0 Å². The van der Waals surface area contributed by atoms with Crippen molar-refractivity contribution in [2.45, 2.75) is 44.0 Å². The van der Waals surface area contributed by atoms with E-state index in [-0.39, 0.29) is 6.61 Å². The molecule has 1 amide bonds. The predicted molar refractivity (Wildman–Crippen MR) is 132 cm³/mol. The summed E-state index contributed by atoms with van der Waals surface area (Å²) in [5.41, 5.74) is 8.28. The Hall–Kier alpha value is -3.45. The summed E-state index contributed by atoms with van der Waals surface area (Å²) in [6.07, 6.45) is 4.54. The molecular formula is C24H28N6O3S. The van der Waals surface area contributed by atoms with Crippen molar-refractivity contribution in [1.29, 1.82) is 0 Å². The molecule has 0 radical (unpaired) electrons. The van der Waals surface area contributed by atoms with Crippen LogP contribution in [-0.2, 0) is 22.0 Å². The van der Waals surface area contributed by atoms with Crippen LogP contribution in [0.25, 0.3) is 5.57 Å². The van der Waals surface area contributed by atoms with E-state index >= 15 is 0 Å². The van der Waals surface area contributed by atoms with Crippen LogP contribution in [0.2, 0.25) is 0 Å². The number of ether oxygens (including phenoxy) is 1. The lowest BCUT2D eigenvalue weighted by molar-refractivity contribution is 0.138. The number of hydrogen-bond donors (Lipinski definition) is 2. The highest BCUT2D eigenvalue weighted by atomic mass is 32.2. The van der Waals surface area contributed by atoms with E-state index in [4.69, 9.17) is 20.4 Å². The summed E-state index contributed by atoms with van der Waals surface area (Å²) < 4.78 is 17.6. The first-order valence-corrected chi connectivity index (χ1v) is 12.4. The van der Waals surface area contributed by atoms with Gasteiger partial charge in [-0.2, -0.15) is 4.98 Å². The van der Waals surface area contributed by atoms with Crippen molar-refractivity contribution in [3.63, 3.8) is 0 Å².